The van der Waals surface area contributed by atoms with Crippen LogP contribution >= 0.6 is 0 Å². The summed E-state index contributed by atoms with van der Waals surface area (Å²) in [7, 11) is 0.605. The van der Waals surface area contributed by atoms with Gasteiger partial charge >= 0.3 is 0 Å². The maximum Gasteiger partial charge on any atom is 0.134 e. The number of hydrogen-bond acceptors (Lipinski definition) is 4. The van der Waals surface area contributed by atoms with Crippen molar-refractivity contribution in [3.05, 3.63) is 48.3 Å². The Morgan fingerprint density at radius 3 is 2.67 bits per heavy atom. The molecule has 1 atom stereocenters. The number of piperidine rings is 1. The molecule has 0 bridgehead atoms. The van der Waals surface area contributed by atoms with Crippen molar-refractivity contribution in [1.82, 2.24) is 4.98 Å². The van der Waals surface area contributed by atoms with Gasteiger partial charge in [-0.1, -0.05) is 19.1 Å². The minimum Gasteiger partial charge on any atom is -0.495 e. The van der Waals surface area contributed by atoms with Gasteiger partial charge < -0.3 is 9.64 Å². The van der Waals surface area contributed by atoms with Gasteiger partial charge in [0.25, 0.3) is 0 Å². The van der Waals surface area contributed by atoms with Crippen LogP contribution in [0.15, 0.2) is 47.5 Å². The maximum absolute atomic E-state index is 12.9. The maximum atomic E-state index is 12.9. The molecule has 128 valence electrons. The van der Waals surface area contributed by atoms with E-state index in [9.17, 15) is 4.21 Å². The van der Waals surface area contributed by atoms with Crippen molar-refractivity contribution in [3.63, 3.8) is 0 Å². The second-order valence-corrected chi connectivity index (χ2v) is 7.66. The molecule has 0 radical (unpaired) electrons. The lowest BCUT2D eigenvalue weighted by Gasteiger charge is -2.34. The van der Waals surface area contributed by atoms with Crippen LogP contribution < -0.4 is 9.64 Å². The Bertz CT molecular complexity index is 712. The number of benzene rings is 1. The molecule has 1 aromatic carbocycles. The van der Waals surface area contributed by atoms with E-state index in [1.165, 1.54) is 5.69 Å². The van der Waals surface area contributed by atoms with Gasteiger partial charge in [-0.05, 0) is 43.5 Å². The van der Waals surface area contributed by atoms with Gasteiger partial charge in [0.1, 0.15) is 5.75 Å². The molecule has 0 spiro atoms. The van der Waals surface area contributed by atoms with E-state index in [1.807, 2.05) is 36.5 Å². The zero-order valence-electron chi connectivity index (χ0n) is 14.3. The summed E-state index contributed by atoms with van der Waals surface area (Å²) in [5, 5.41) is 0.180. The Hall–Kier alpha value is -1.88. The van der Waals surface area contributed by atoms with E-state index in [2.05, 4.69) is 22.9 Å². The van der Waals surface area contributed by atoms with E-state index in [4.69, 9.17) is 4.74 Å². The highest BCUT2D eigenvalue weighted by atomic mass is 32.2. The number of hydrogen-bond donors (Lipinski definition) is 0. The summed E-state index contributed by atoms with van der Waals surface area (Å²) < 4.78 is 18.3. The second-order valence-electron chi connectivity index (χ2n) is 5.96. The largest absolute Gasteiger partial charge is 0.495 e. The van der Waals surface area contributed by atoms with Crippen LogP contribution in [0.3, 0.4) is 0 Å². The van der Waals surface area contributed by atoms with Gasteiger partial charge in [-0.3, -0.25) is 9.19 Å². The molecule has 3 rings (SSSR count). The van der Waals surface area contributed by atoms with Crippen molar-refractivity contribution in [1.29, 1.82) is 0 Å². The van der Waals surface area contributed by atoms with Crippen LogP contribution in [0.1, 0.15) is 25.5 Å². The number of methoxy groups -OCH3 is 1. The Morgan fingerprint density at radius 2 is 1.96 bits per heavy atom. The number of ether oxygens (including phenoxy) is 1. The SMILES string of the molecule is CCc1ncccc1N1CCC(S(=O)c2ccccc2OC)CC1. The molecular formula is C19H24N2O2S. The first-order valence-corrected chi connectivity index (χ1v) is 9.68. The topological polar surface area (TPSA) is 42.4 Å². The molecule has 1 aliphatic heterocycles. The predicted octanol–water partition coefficient (Wildman–Crippen LogP) is 3.43. The van der Waals surface area contributed by atoms with Crippen molar-refractivity contribution in [2.45, 2.75) is 36.3 Å². The van der Waals surface area contributed by atoms with E-state index in [0.717, 1.165) is 48.7 Å². The second kappa shape index (κ2) is 7.79. The average molecular weight is 344 g/mol. The number of rotatable bonds is 5. The number of nitrogens with zero attached hydrogens (tertiary/aromatic N) is 2. The van der Waals surface area contributed by atoms with Gasteiger partial charge in [0.15, 0.2) is 0 Å². The van der Waals surface area contributed by atoms with Crippen LogP contribution in [0.25, 0.3) is 0 Å². The third kappa shape index (κ3) is 3.46. The average Bonchev–Trinajstić information content (AvgIpc) is 2.67. The quantitative estimate of drug-likeness (QED) is 0.833. The first kappa shape index (κ1) is 17.0. The molecule has 0 saturated carbocycles. The molecule has 24 heavy (non-hydrogen) atoms. The molecule has 5 heteroatoms. The standard InChI is InChI=1S/C19H24N2O2S/c1-3-16-17(7-6-12-20-16)21-13-10-15(11-14-21)24(22)19-9-5-4-8-18(19)23-2/h4-9,12,15H,3,10-11,13-14H2,1-2H3. The van der Waals surface area contributed by atoms with Crippen LogP contribution in [0.5, 0.6) is 5.75 Å². The van der Waals surface area contributed by atoms with Crippen molar-refractivity contribution >= 4 is 16.5 Å². The van der Waals surface area contributed by atoms with E-state index >= 15 is 0 Å². The Morgan fingerprint density at radius 1 is 1.21 bits per heavy atom. The summed E-state index contributed by atoms with van der Waals surface area (Å²) in [6.45, 7) is 3.98. The summed E-state index contributed by atoms with van der Waals surface area (Å²) in [5.41, 5.74) is 2.36. The number of pyridine rings is 1. The fraction of sp³-hybridized carbons (Fsp3) is 0.421. The van der Waals surface area contributed by atoms with Crippen LogP contribution in [-0.2, 0) is 17.2 Å². The highest BCUT2D eigenvalue weighted by Crippen LogP contribution is 2.30. The fourth-order valence-corrected chi connectivity index (χ4v) is 4.83. The third-order valence-corrected chi connectivity index (χ3v) is 6.42. The number of anilines is 1. The highest BCUT2D eigenvalue weighted by Gasteiger charge is 2.27. The van der Waals surface area contributed by atoms with Crippen molar-refractivity contribution in [2.24, 2.45) is 0 Å². The number of aromatic nitrogens is 1. The van der Waals surface area contributed by atoms with Crippen LogP contribution in [-0.4, -0.2) is 34.6 Å². The van der Waals surface area contributed by atoms with Gasteiger partial charge in [-0.2, -0.15) is 0 Å². The van der Waals surface area contributed by atoms with E-state index < -0.39 is 10.8 Å². The molecule has 4 nitrogen and oxygen atoms in total. The van der Waals surface area contributed by atoms with Gasteiger partial charge in [0, 0.05) is 24.5 Å². The van der Waals surface area contributed by atoms with Crippen LogP contribution in [0.2, 0.25) is 0 Å². The Kier molecular flexibility index (Phi) is 5.51. The molecule has 2 heterocycles. The van der Waals surface area contributed by atoms with Gasteiger partial charge in [0.05, 0.1) is 34.2 Å². The third-order valence-electron chi connectivity index (χ3n) is 4.57. The molecule has 1 aliphatic rings. The Labute approximate surface area is 146 Å². The smallest absolute Gasteiger partial charge is 0.134 e. The number of para-hydroxylation sites is 1. The van der Waals surface area contributed by atoms with Crippen molar-refractivity contribution in [3.8, 4) is 5.75 Å². The molecule has 1 fully saturated rings. The summed E-state index contributed by atoms with van der Waals surface area (Å²) >= 11 is 0. The lowest BCUT2D eigenvalue weighted by Crippen LogP contribution is -2.38. The lowest BCUT2D eigenvalue weighted by atomic mass is 10.1. The van der Waals surface area contributed by atoms with Crippen molar-refractivity contribution in [2.75, 3.05) is 25.1 Å². The van der Waals surface area contributed by atoms with E-state index in [0.29, 0.717) is 0 Å². The van der Waals surface area contributed by atoms with Crippen LogP contribution in [0, 0.1) is 0 Å². The normalized spacial score (nSPS) is 16.8. The molecule has 1 saturated heterocycles. The molecule has 1 aromatic heterocycles. The molecule has 1 unspecified atom stereocenters. The predicted molar refractivity (Wildman–Crippen MR) is 98.3 cm³/mol. The summed E-state index contributed by atoms with van der Waals surface area (Å²) in [6, 6.07) is 11.8. The molecule has 0 amide bonds. The van der Waals surface area contributed by atoms with Crippen molar-refractivity contribution < 1.29 is 8.95 Å². The summed E-state index contributed by atoms with van der Waals surface area (Å²) in [4.78, 5) is 7.67. The molecule has 0 N–H and O–H groups in total. The summed E-state index contributed by atoms with van der Waals surface area (Å²) in [6.07, 6.45) is 4.63. The highest BCUT2D eigenvalue weighted by molar-refractivity contribution is 7.85. The lowest BCUT2D eigenvalue weighted by molar-refractivity contribution is 0.403. The molecule has 0 aliphatic carbocycles. The monoisotopic (exact) mass is 344 g/mol. The van der Waals surface area contributed by atoms with E-state index in [1.54, 1.807) is 7.11 Å². The summed E-state index contributed by atoms with van der Waals surface area (Å²) in [5.74, 6) is 0.721. The molecular weight excluding hydrogens is 320 g/mol. The van der Waals surface area contributed by atoms with Gasteiger partial charge in [-0.15, -0.1) is 0 Å². The minimum absolute atomic E-state index is 0.180. The Balaban J connectivity index is 1.70. The first-order valence-electron chi connectivity index (χ1n) is 8.47. The van der Waals surface area contributed by atoms with Gasteiger partial charge in [0.2, 0.25) is 0 Å². The fourth-order valence-electron chi connectivity index (χ4n) is 3.27. The van der Waals surface area contributed by atoms with Crippen LogP contribution in [0.4, 0.5) is 5.69 Å². The number of aryl methyl sites for hydroxylation is 1. The minimum atomic E-state index is -1.03. The zero-order chi connectivity index (χ0) is 16.9. The molecule has 2 aromatic rings. The van der Waals surface area contributed by atoms with E-state index in [-0.39, 0.29) is 5.25 Å². The zero-order valence-corrected chi connectivity index (χ0v) is 15.1. The van der Waals surface area contributed by atoms with Gasteiger partial charge in [-0.25, -0.2) is 0 Å². The first-order chi connectivity index (χ1) is 11.7.